The van der Waals surface area contributed by atoms with Gasteiger partial charge in [-0.2, -0.15) is 0 Å². The van der Waals surface area contributed by atoms with Crippen molar-refractivity contribution in [2.75, 3.05) is 6.54 Å². The quantitative estimate of drug-likeness (QED) is 0.900. The van der Waals surface area contributed by atoms with Crippen LogP contribution in [0.25, 0.3) is 11.1 Å². The molecule has 0 saturated heterocycles. The molecule has 0 bridgehead atoms. The first-order chi connectivity index (χ1) is 8.78. The molecule has 0 aromatic carbocycles. The topological polar surface area (TPSA) is 94.0 Å². The average molecular weight is 299 g/mol. The number of hydrogen-bond donors (Lipinski definition) is 2. The molecule has 2 aromatic rings. The highest BCUT2D eigenvalue weighted by Gasteiger charge is 2.19. The predicted octanol–water partition coefficient (Wildman–Crippen LogP) is 1.73. The lowest BCUT2D eigenvalue weighted by atomic mass is 10.1. The van der Waals surface area contributed by atoms with Crippen molar-refractivity contribution < 1.29 is 9.32 Å². The lowest BCUT2D eigenvalue weighted by Gasteiger charge is -2.19. The van der Waals surface area contributed by atoms with E-state index in [1.807, 2.05) is 13.8 Å². The van der Waals surface area contributed by atoms with E-state index in [9.17, 15) is 4.79 Å². The van der Waals surface area contributed by atoms with Crippen molar-refractivity contribution in [1.29, 1.82) is 0 Å². The van der Waals surface area contributed by atoms with Gasteiger partial charge in [-0.05, 0) is 33.8 Å². The Labute approximate surface area is 123 Å². The van der Waals surface area contributed by atoms with Crippen molar-refractivity contribution in [3.8, 4) is 0 Å². The molecule has 2 aromatic heterocycles. The summed E-state index contributed by atoms with van der Waals surface area (Å²) in [6, 6.07) is 1.73. The highest BCUT2D eigenvalue weighted by molar-refractivity contribution is 6.06. The highest BCUT2D eigenvalue weighted by atomic mass is 35.5. The van der Waals surface area contributed by atoms with E-state index < -0.39 is 5.54 Å². The second-order valence-corrected chi connectivity index (χ2v) is 5.43. The van der Waals surface area contributed by atoms with Crippen LogP contribution in [0.1, 0.15) is 35.6 Å². The van der Waals surface area contributed by atoms with Gasteiger partial charge in [-0.1, -0.05) is 5.16 Å². The van der Waals surface area contributed by atoms with Gasteiger partial charge in [-0.15, -0.1) is 12.4 Å². The Kier molecular flexibility index (Phi) is 4.73. The van der Waals surface area contributed by atoms with Crippen LogP contribution >= 0.6 is 12.4 Å². The summed E-state index contributed by atoms with van der Waals surface area (Å²) in [5.41, 5.74) is 7.66. The van der Waals surface area contributed by atoms with Gasteiger partial charge < -0.3 is 15.6 Å². The molecule has 0 fully saturated rings. The summed E-state index contributed by atoms with van der Waals surface area (Å²) >= 11 is 0. The minimum atomic E-state index is -0.458. The van der Waals surface area contributed by atoms with Gasteiger partial charge in [-0.25, -0.2) is 4.98 Å². The SMILES string of the molecule is Cc1cc(C(=O)NCC(C)(C)N)c2c(C)noc2n1.Cl. The molecule has 0 aliphatic carbocycles. The molecule has 0 atom stereocenters. The number of carbonyl (C=O) groups excluding carboxylic acids is 1. The first-order valence-electron chi connectivity index (χ1n) is 6.08. The standard InChI is InChI=1S/C13H18N4O2.ClH/c1-7-5-9(11(18)15-6-13(3,4)14)10-8(2)17-19-12(10)16-7;/h5H,6,14H2,1-4H3,(H,15,18);1H. The van der Waals surface area contributed by atoms with Gasteiger partial charge in [0.05, 0.1) is 16.6 Å². The number of nitrogens with two attached hydrogens (primary N) is 1. The summed E-state index contributed by atoms with van der Waals surface area (Å²) in [5.74, 6) is -0.194. The number of halogens is 1. The van der Waals surface area contributed by atoms with Gasteiger partial charge in [0.15, 0.2) is 0 Å². The zero-order valence-electron chi connectivity index (χ0n) is 12.0. The van der Waals surface area contributed by atoms with Gasteiger partial charge in [0, 0.05) is 17.8 Å². The molecule has 0 unspecified atom stereocenters. The van der Waals surface area contributed by atoms with Crippen LogP contribution in [0.15, 0.2) is 10.6 Å². The van der Waals surface area contributed by atoms with Crippen LogP contribution in [0.2, 0.25) is 0 Å². The fourth-order valence-corrected chi connectivity index (χ4v) is 1.80. The predicted molar refractivity (Wildman–Crippen MR) is 79.1 cm³/mol. The maximum Gasteiger partial charge on any atom is 0.258 e. The van der Waals surface area contributed by atoms with Crippen molar-refractivity contribution in [2.24, 2.45) is 5.73 Å². The van der Waals surface area contributed by atoms with Gasteiger partial charge >= 0.3 is 0 Å². The number of aromatic nitrogens is 2. The molecule has 7 heteroatoms. The lowest BCUT2D eigenvalue weighted by Crippen LogP contribution is -2.45. The number of fused-ring (bicyclic) bond motifs is 1. The molecule has 0 spiro atoms. The van der Waals surface area contributed by atoms with Gasteiger partial charge in [0.25, 0.3) is 11.6 Å². The molecule has 0 radical (unpaired) electrons. The summed E-state index contributed by atoms with van der Waals surface area (Å²) in [5, 5.41) is 7.31. The van der Waals surface area contributed by atoms with Crippen molar-refractivity contribution in [3.05, 3.63) is 23.0 Å². The van der Waals surface area contributed by atoms with E-state index in [4.69, 9.17) is 10.3 Å². The van der Waals surface area contributed by atoms with Crippen LogP contribution in [0, 0.1) is 13.8 Å². The molecular formula is C13H19ClN4O2. The fraction of sp³-hybridized carbons (Fsp3) is 0.462. The van der Waals surface area contributed by atoms with Crippen LogP contribution in [-0.4, -0.2) is 28.1 Å². The second kappa shape index (κ2) is 5.76. The van der Waals surface area contributed by atoms with Gasteiger partial charge in [0.1, 0.15) is 0 Å². The van der Waals surface area contributed by atoms with Crippen molar-refractivity contribution in [2.45, 2.75) is 33.2 Å². The number of rotatable bonds is 3. The van der Waals surface area contributed by atoms with E-state index in [1.54, 1.807) is 19.9 Å². The second-order valence-electron chi connectivity index (χ2n) is 5.43. The Hall–Kier alpha value is -1.66. The van der Waals surface area contributed by atoms with E-state index in [1.165, 1.54) is 0 Å². The van der Waals surface area contributed by atoms with E-state index in [0.717, 1.165) is 0 Å². The lowest BCUT2D eigenvalue weighted by molar-refractivity contribution is 0.0947. The van der Waals surface area contributed by atoms with Crippen LogP contribution < -0.4 is 11.1 Å². The van der Waals surface area contributed by atoms with E-state index >= 15 is 0 Å². The minimum Gasteiger partial charge on any atom is -0.350 e. The van der Waals surface area contributed by atoms with Crippen molar-refractivity contribution >= 4 is 29.4 Å². The fourth-order valence-electron chi connectivity index (χ4n) is 1.80. The molecule has 110 valence electrons. The van der Waals surface area contributed by atoms with E-state index in [2.05, 4.69) is 15.5 Å². The minimum absolute atomic E-state index is 0. The Morgan fingerprint density at radius 2 is 2.10 bits per heavy atom. The van der Waals surface area contributed by atoms with Crippen molar-refractivity contribution in [1.82, 2.24) is 15.5 Å². The Morgan fingerprint density at radius 1 is 1.45 bits per heavy atom. The number of nitrogens with zero attached hydrogens (tertiary/aromatic N) is 2. The Bertz CT molecular complexity index is 631. The molecule has 3 N–H and O–H groups in total. The van der Waals surface area contributed by atoms with Gasteiger partial charge in [0.2, 0.25) is 0 Å². The largest absolute Gasteiger partial charge is 0.350 e. The number of pyridine rings is 1. The first kappa shape index (κ1) is 16.4. The molecular weight excluding hydrogens is 280 g/mol. The number of carbonyl (C=O) groups is 1. The van der Waals surface area contributed by atoms with Crippen molar-refractivity contribution in [3.63, 3.8) is 0 Å². The normalized spacial score (nSPS) is 11.2. The van der Waals surface area contributed by atoms with Crippen LogP contribution in [0.3, 0.4) is 0 Å². The molecule has 6 nitrogen and oxygen atoms in total. The Morgan fingerprint density at radius 3 is 2.70 bits per heavy atom. The Balaban J connectivity index is 0.00000200. The average Bonchev–Trinajstić information content (AvgIpc) is 2.66. The maximum atomic E-state index is 12.2. The highest BCUT2D eigenvalue weighted by Crippen LogP contribution is 2.21. The van der Waals surface area contributed by atoms with Crippen LogP contribution in [0.5, 0.6) is 0 Å². The third-order valence-electron chi connectivity index (χ3n) is 2.69. The molecule has 20 heavy (non-hydrogen) atoms. The van der Waals surface area contributed by atoms with Crippen LogP contribution in [-0.2, 0) is 0 Å². The van der Waals surface area contributed by atoms with E-state index in [-0.39, 0.29) is 18.3 Å². The zero-order valence-corrected chi connectivity index (χ0v) is 12.8. The summed E-state index contributed by atoms with van der Waals surface area (Å²) in [6.45, 7) is 7.68. The molecule has 2 heterocycles. The third kappa shape index (κ3) is 3.46. The zero-order chi connectivity index (χ0) is 14.2. The molecule has 0 aliphatic heterocycles. The van der Waals surface area contributed by atoms with Gasteiger partial charge in [-0.3, -0.25) is 4.79 Å². The molecule has 0 aliphatic rings. The third-order valence-corrected chi connectivity index (χ3v) is 2.69. The number of amides is 1. The summed E-state index contributed by atoms with van der Waals surface area (Å²) < 4.78 is 5.10. The maximum absolute atomic E-state index is 12.2. The summed E-state index contributed by atoms with van der Waals surface area (Å²) in [7, 11) is 0. The number of hydrogen-bond acceptors (Lipinski definition) is 5. The van der Waals surface area contributed by atoms with E-state index in [0.29, 0.717) is 34.6 Å². The molecule has 1 amide bonds. The smallest absolute Gasteiger partial charge is 0.258 e. The monoisotopic (exact) mass is 298 g/mol. The van der Waals surface area contributed by atoms with Crippen LogP contribution in [0.4, 0.5) is 0 Å². The summed E-state index contributed by atoms with van der Waals surface area (Å²) in [6.07, 6.45) is 0. The summed E-state index contributed by atoms with van der Waals surface area (Å²) in [4.78, 5) is 16.5. The molecule has 2 rings (SSSR count). The first-order valence-corrected chi connectivity index (χ1v) is 6.08. The number of nitrogens with one attached hydrogen (secondary N) is 1. The molecule has 0 saturated carbocycles. The number of aryl methyl sites for hydroxylation is 2.